The number of nitrogens with zero attached hydrogens (tertiary/aromatic N) is 3. The number of hydrogen-bond donors (Lipinski definition) is 0. The molecular formula is C13H23N3O. The molecule has 0 bridgehead atoms. The van der Waals surface area contributed by atoms with Gasteiger partial charge in [0.15, 0.2) is 0 Å². The van der Waals surface area contributed by atoms with E-state index >= 15 is 0 Å². The Hall–Kier alpha value is -0.630. The van der Waals surface area contributed by atoms with Gasteiger partial charge in [-0.2, -0.15) is 5.26 Å². The van der Waals surface area contributed by atoms with E-state index in [-0.39, 0.29) is 11.5 Å². The van der Waals surface area contributed by atoms with Crippen LogP contribution in [-0.2, 0) is 4.74 Å². The molecule has 4 heteroatoms. The molecule has 2 aliphatic heterocycles. The Kier molecular flexibility index (Phi) is 3.72. The molecule has 0 aromatic heterocycles. The molecular weight excluding hydrogens is 214 g/mol. The van der Waals surface area contributed by atoms with Gasteiger partial charge in [-0.1, -0.05) is 0 Å². The molecule has 2 saturated heterocycles. The Balaban J connectivity index is 1.98. The maximum Gasteiger partial charge on any atom is 0.0900 e. The summed E-state index contributed by atoms with van der Waals surface area (Å²) in [6.45, 7) is 12.3. The fourth-order valence-corrected chi connectivity index (χ4v) is 2.90. The highest BCUT2D eigenvalue weighted by atomic mass is 16.5. The van der Waals surface area contributed by atoms with Gasteiger partial charge in [-0.3, -0.25) is 9.80 Å². The number of hydrogen-bond acceptors (Lipinski definition) is 4. The summed E-state index contributed by atoms with van der Waals surface area (Å²) in [4.78, 5) is 4.95. The standard InChI is InChI=1S/C13H23N3O/c1-11(2)15-4-6-16(7-5-15)13(3)10-17-9-12(13)8-14/h11-12H,4-7,9-10H2,1-3H3/t12-,13-/m0/s1. The first-order valence-electron chi connectivity index (χ1n) is 6.54. The van der Waals surface area contributed by atoms with Gasteiger partial charge in [-0.15, -0.1) is 0 Å². The van der Waals surface area contributed by atoms with Crippen molar-refractivity contribution in [2.75, 3.05) is 39.4 Å². The van der Waals surface area contributed by atoms with E-state index in [1.54, 1.807) is 0 Å². The average molecular weight is 237 g/mol. The van der Waals surface area contributed by atoms with Crippen LogP contribution in [0.2, 0.25) is 0 Å². The Morgan fingerprint density at radius 3 is 2.47 bits per heavy atom. The molecule has 0 spiro atoms. The predicted octanol–water partition coefficient (Wildman–Crippen LogP) is 0.941. The van der Waals surface area contributed by atoms with Gasteiger partial charge in [0.2, 0.25) is 0 Å². The maximum atomic E-state index is 9.21. The highest BCUT2D eigenvalue weighted by molar-refractivity contribution is 5.06. The molecule has 0 aliphatic carbocycles. The molecule has 0 aromatic carbocycles. The summed E-state index contributed by atoms with van der Waals surface area (Å²) >= 11 is 0. The van der Waals surface area contributed by atoms with Gasteiger partial charge in [-0.25, -0.2) is 0 Å². The predicted molar refractivity (Wildman–Crippen MR) is 66.6 cm³/mol. The molecule has 2 aliphatic rings. The van der Waals surface area contributed by atoms with Crippen molar-refractivity contribution in [3.8, 4) is 6.07 Å². The van der Waals surface area contributed by atoms with E-state index in [1.807, 2.05) is 0 Å². The average Bonchev–Trinajstić information content (AvgIpc) is 2.72. The van der Waals surface area contributed by atoms with Gasteiger partial charge in [0.05, 0.1) is 30.7 Å². The molecule has 0 aromatic rings. The summed E-state index contributed by atoms with van der Waals surface area (Å²) in [7, 11) is 0. The van der Waals surface area contributed by atoms with Gasteiger partial charge in [0, 0.05) is 32.2 Å². The normalized spacial score (nSPS) is 36.3. The molecule has 0 saturated carbocycles. The molecule has 0 amide bonds. The van der Waals surface area contributed by atoms with E-state index in [0.717, 1.165) is 26.2 Å². The topological polar surface area (TPSA) is 39.5 Å². The molecule has 2 fully saturated rings. The minimum absolute atomic E-state index is 0.0214. The zero-order chi connectivity index (χ0) is 12.5. The van der Waals surface area contributed by atoms with E-state index in [4.69, 9.17) is 4.74 Å². The summed E-state index contributed by atoms with van der Waals surface area (Å²) in [6.07, 6.45) is 0. The maximum absolute atomic E-state index is 9.21. The SMILES string of the molecule is CC(C)N1CCN([C@@]2(C)COC[C@@H]2C#N)CC1. The highest BCUT2D eigenvalue weighted by Gasteiger charge is 2.45. The summed E-state index contributed by atoms with van der Waals surface area (Å²) < 4.78 is 5.51. The van der Waals surface area contributed by atoms with Crippen LogP contribution in [0.5, 0.6) is 0 Å². The molecule has 0 unspecified atom stereocenters. The van der Waals surface area contributed by atoms with Crippen molar-refractivity contribution < 1.29 is 4.74 Å². The van der Waals surface area contributed by atoms with Gasteiger partial charge in [-0.05, 0) is 20.8 Å². The fourth-order valence-electron chi connectivity index (χ4n) is 2.90. The third-order valence-corrected chi connectivity index (χ3v) is 4.35. The zero-order valence-electron chi connectivity index (χ0n) is 11.1. The Morgan fingerprint density at radius 2 is 1.94 bits per heavy atom. The van der Waals surface area contributed by atoms with Crippen molar-refractivity contribution >= 4 is 0 Å². The lowest BCUT2D eigenvalue weighted by molar-refractivity contribution is 0.0161. The molecule has 2 rings (SSSR count). The molecule has 96 valence electrons. The minimum Gasteiger partial charge on any atom is -0.378 e. The second-order valence-electron chi connectivity index (χ2n) is 5.67. The van der Waals surface area contributed by atoms with Crippen LogP contribution in [0.15, 0.2) is 0 Å². The van der Waals surface area contributed by atoms with E-state index in [2.05, 4.69) is 36.6 Å². The number of piperazine rings is 1. The van der Waals surface area contributed by atoms with Crippen LogP contribution in [0.25, 0.3) is 0 Å². The van der Waals surface area contributed by atoms with Gasteiger partial charge in [0.25, 0.3) is 0 Å². The Morgan fingerprint density at radius 1 is 1.29 bits per heavy atom. The van der Waals surface area contributed by atoms with Crippen molar-refractivity contribution in [2.45, 2.75) is 32.4 Å². The smallest absolute Gasteiger partial charge is 0.0900 e. The van der Waals surface area contributed by atoms with E-state index in [0.29, 0.717) is 19.3 Å². The third kappa shape index (κ3) is 2.33. The second kappa shape index (κ2) is 4.93. The van der Waals surface area contributed by atoms with Gasteiger partial charge >= 0.3 is 0 Å². The fraction of sp³-hybridized carbons (Fsp3) is 0.923. The number of ether oxygens (including phenoxy) is 1. The van der Waals surface area contributed by atoms with Crippen molar-refractivity contribution in [1.29, 1.82) is 5.26 Å². The van der Waals surface area contributed by atoms with Crippen molar-refractivity contribution in [3.63, 3.8) is 0 Å². The van der Waals surface area contributed by atoms with E-state index in [9.17, 15) is 5.26 Å². The van der Waals surface area contributed by atoms with Crippen molar-refractivity contribution in [2.24, 2.45) is 5.92 Å². The zero-order valence-corrected chi connectivity index (χ0v) is 11.1. The van der Waals surface area contributed by atoms with Gasteiger partial charge < -0.3 is 4.74 Å². The minimum atomic E-state index is -0.0716. The summed E-state index contributed by atoms with van der Waals surface area (Å²) in [6, 6.07) is 3.03. The first-order chi connectivity index (χ1) is 8.08. The second-order valence-corrected chi connectivity index (χ2v) is 5.67. The van der Waals surface area contributed by atoms with Crippen LogP contribution in [0, 0.1) is 17.2 Å². The van der Waals surface area contributed by atoms with Crippen LogP contribution in [0.4, 0.5) is 0 Å². The van der Waals surface area contributed by atoms with E-state index < -0.39 is 0 Å². The van der Waals surface area contributed by atoms with Crippen LogP contribution in [-0.4, -0.2) is 60.8 Å². The largest absolute Gasteiger partial charge is 0.378 e. The monoisotopic (exact) mass is 237 g/mol. The summed E-state index contributed by atoms with van der Waals surface area (Å²) in [5.74, 6) is 0.0214. The van der Waals surface area contributed by atoms with Crippen molar-refractivity contribution in [3.05, 3.63) is 0 Å². The van der Waals surface area contributed by atoms with Crippen LogP contribution in [0.1, 0.15) is 20.8 Å². The first kappa shape index (κ1) is 12.8. The summed E-state index contributed by atoms with van der Waals surface area (Å²) in [5.41, 5.74) is -0.0716. The van der Waals surface area contributed by atoms with Crippen molar-refractivity contribution in [1.82, 2.24) is 9.80 Å². The molecule has 17 heavy (non-hydrogen) atoms. The molecule has 2 heterocycles. The quantitative estimate of drug-likeness (QED) is 0.716. The number of rotatable bonds is 2. The molecule has 0 N–H and O–H groups in total. The van der Waals surface area contributed by atoms with E-state index in [1.165, 1.54) is 0 Å². The molecule has 0 radical (unpaired) electrons. The molecule has 2 atom stereocenters. The Labute approximate surface area is 104 Å². The van der Waals surface area contributed by atoms with Crippen LogP contribution in [0.3, 0.4) is 0 Å². The van der Waals surface area contributed by atoms with Gasteiger partial charge in [0.1, 0.15) is 0 Å². The lowest BCUT2D eigenvalue weighted by Gasteiger charge is -2.45. The third-order valence-electron chi connectivity index (χ3n) is 4.35. The van der Waals surface area contributed by atoms with Crippen LogP contribution >= 0.6 is 0 Å². The lowest BCUT2D eigenvalue weighted by atomic mass is 9.87. The Bertz CT molecular complexity index is 304. The molecule has 4 nitrogen and oxygen atoms in total. The highest BCUT2D eigenvalue weighted by Crippen LogP contribution is 2.31. The van der Waals surface area contributed by atoms with Crippen LogP contribution < -0.4 is 0 Å². The number of nitriles is 1. The summed E-state index contributed by atoms with van der Waals surface area (Å²) in [5, 5.41) is 9.21. The first-order valence-corrected chi connectivity index (χ1v) is 6.54. The lowest BCUT2D eigenvalue weighted by Crippen LogP contribution is -2.59.